The molecule has 0 unspecified atom stereocenters. The number of benzene rings is 2. The molecule has 3 amide bonds. The van der Waals surface area contributed by atoms with Crippen LogP contribution in [0.15, 0.2) is 48.5 Å². The molecule has 0 bridgehead atoms. The van der Waals surface area contributed by atoms with E-state index in [1.165, 1.54) is 29.2 Å². The molecule has 9 heteroatoms. The van der Waals surface area contributed by atoms with Crippen molar-refractivity contribution in [1.82, 2.24) is 5.32 Å². The number of hydrogen-bond donors (Lipinski definition) is 2. The molecule has 2 N–H and O–H groups in total. The Kier molecular flexibility index (Phi) is 8.16. The Labute approximate surface area is 171 Å². The van der Waals surface area contributed by atoms with Crippen LogP contribution in [-0.4, -0.2) is 29.9 Å². The fraction of sp³-hybridized carbons (Fsp3) is 0.222. The van der Waals surface area contributed by atoms with Crippen molar-refractivity contribution in [3.63, 3.8) is 0 Å². The predicted molar refractivity (Wildman–Crippen MR) is 107 cm³/mol. The van der Waals surface area contributed by atoms with E-state index in [-0.39, 0.29) is 13.1 Å². The molecule has 0 atom stereocenters. The summed E-state index contributed by atoms with van der Waals surface area (Å²) in [6, 6.07) is 11.8. The normalized spacial score (nSPS) is 10.6. The number of rotatable bonds is 7. The van der Waals surface area contributed by atoms with Crippen LogP contribution in [0.5, 0.6) is 0 Å². The highest BCUT2D eigenvalue weighted by molar-refractivity contribution is 6.53. The molecular formula is C18H17Cl3FN3O2. The Morgan fingerprint density at radius 2 is 1.67 bits per heavy atom. The van der Waals surface area contributed by atoms with E-state index in [1.54, 1.807) is 24.3 Å². The predicted octanol–water partition coefficient (Wildman–Crippen LogP) is 4.83. The van der Waals surface area contributed by atoms with E-state index >= 15 is 0 Å². The van der Waals surface area contributed by atoms with Gasteiger partial charge in [-0.25, -0.2) is 9.18 Å². The van der Waals surface area contributed by atoms with Crippen molar-refractivity contribution in [3.05, 3.63) is 59.4 Å². The van der Waals surface area contributed by atoms with Gasteiger partial charge < -0.3 is 10.6 Å². The number of halogens is 4. The summed E-state index contributed by atoms with van der Waals surface area (Å²) in [4.78, 5) is 24.4. The lowest BCUT2D eigenvalue weighted by Gasteiger charge is -2.23. The maximum absolute atomic E-state index is 13.2. The smallest absolute Gasteiger partial charge is 0.326 e. The van der Waals surface area contributed by atoms with Crippen molar-refractivity contribution in [1.29, 1.82) is 0 Å². The second kappa shape index (κ2) is 10.3. The quantitative estimate of drug-likeness (QED) is 0.486. The largest absolute Gasteiger partial charge is 0.354 e. The molecule has 0 saturated carbocycles. The van der Waals surface area contributed by atoms with Gasteiger partial charge in [0.15, 0.2) is 4.84 Å². The summed E-state index contributed by atoms with van der Waals surface area (Å²) in [6.07, 6.45) is 0.442. The number of carbonyl (C=O) groups excluding carboxylic acids is 2. The number of alkyl halides is 2. The van der Waals surface area contributed by atoms with Gasteiger partial charge in [-0.2, -0.15) is 0 Å². The Balaban J connectivity index is 2.04. The highest BCUT2D eigenvalue weighted by atomic mass is 35.5. The minimum absolute atomic E-state index is 0.278. The van der Waals surface area contributed by atoms with Crippen LogP contribution in [0, 0.1) is 5.82 Å². The SMILES string of the molecule is O=C(NCCCN(C(=O)Nc1ccc(Cl)cc1)c1ccc(F)cc1)C(Cl)Cl. The van der Waals surface area contributed by atoms with Gasteiger partial charge in [0.25, 0.3) is 5.91 Å². The van der Waals surface area contributed by atoms with E-state index in [0.717, 1.165) is 0 Å². The molecule has 0 saturated heterocycles. The van der Waals surface area contributed by atoms with Gasteiger partial charge in [-0.1, -0.05) is 34.8 Å². The van der Waals surface area contributed by atoms with Gasteiger partial charge in [-0.15, -0.1) is 0 Å². The number of nitrogens with zero attached hydrogens (tertiary/aromatic N) is 1. The number of urea groups is 1. The summed E-state index contributed by atoms with van der Waals surface area (Å²) in [5.74, 6) is -0.906. The maximum Gasteiger partial charge on any atom is 0.326 e. The zero-order chi connectivity index (χ0) is 19.8. The van der Waals surface area contributed by atoms with E-state index in [1.807, 2.05) is 0 Å². The monoisotopic (exact) mass is 431 g/mol. The summed E-state index contributed by atoms with van der Waals surface area (Å²) in [6.45, 7) is 0.557. The van der Waals surface area contributed by atoms with Crippen LogP contribution in [0.1, 0.15) is 6.42 Å². The van der Waals surface area contributed by atoms with Gasteiger partial charge in [0.2, 0.25) is 0 Å². The fourth-order valence-electron chi connectivity index (χ4n) is 2.22. The molecule has 0 aromatic heterocycles. The Bertz CT molecular complexity index is 770. The van der Waals surface area contributed by atoms with Gasteiger partial charge in [-0.3, -0.25) is 9.69 Å². The van der Waals surface area contributed by atoms with Gasteiger partial charge in [0.1, 0.15) is 5.82 Å². The van der Waals surface area contributed by atoms with Gasteiger partial charge >= 0.3 is 6.03 Å². The van der Waals surface area contributed by atoms with E-state index in [9.17, 15) is 14.0 Å². The average Bonchev–Trinajstić information content (AvgIpc) is 2.64. The Hall–Kier alpha value is -2.02. The number of carbonyl (C=O) groups is 2. The Morgan fingerprint density at radius 3 is 2.26 bits per heavy atom. The molecule has 2 aromatic carbocycles. The molecule has 0 aliphatic rings. The minimum atomic E-state index is -1.15. The molecule has 144 valence electrons. The zero-order valence-corrected chi connectivity index (χ0v) is 16.4. The van der Waals surface area contributed by atoms with Crippen molar-refractivity contribution in [2.24, 2.45) is 0 Å². The number of hydrogen-bond acceptors (Lipinski definition) is 2. The first-order valence-electron chi connectivity index (χ1n) is 8.02. The standard InChI is InChI=1S/C18H17Cl3FN3O2/c19-12-2-6-14(7-3-12)24-18(27)25(15-8-4-13(22)5-9-15)11-1-10-23-17(26)16(20)21/h2-9,16H,1,10-11H2,(H,23,26)(H,24,27). The van der Waals surface area contributed by atoms with E-state index < -0.39 is 22.6 Å². The van der Waals surface area contributed by atoms with Crippen LogP contribution < -0.4 is 15.5 Å². The third-order valence-corrected chi connectivity index (χ3v) is 4.18. The topological polar surface area (TPSA) is 61.4 Å². The van der Waals surface area contributed by atoms with Gasteiger partial charge in [0.05, 0.1) is 0 Å². The lowest BCUT2D eigenvalue weighted by atomic mass is 10.2. The van der Waals surface area contributed by atoms with Gasteiger partial charge in [-0.05, 0) is 55.0 Å². The number of nitrogens with one attached hydrogen (secondary N) is 2. The van der Waals surface area contributed by atoms with Crippen LogP contribution in [-0.2, 0) is 4.79 Å². The fourth-order valence-corrected chi connectivity index (χ4v) is 2.50. The number of amides is 3. The second-order valence-electron chi connectivity index (χ2n) is 5.51. The lowest BCUT2D eigenvalue weighted by molar-refractivity contribution is -0.119. The molecule has 5 nitrogen and oxygen atoms in total. The van der Waals surface area contributed by atoms with Crippen LogP contribution in [0.25, 0.3) is 0 Å². The van der Waals surface area contributed by atoms with Crippen molar-refractivity contribution < 1.29 is 14.0 Å². The summed E-state index contributed by atoms with van der Waals surface area (Å²) in [5, 5.41) is 5.86. The lowest BCUT2D eigenvalue weighted by Crippen LogP contribution is -2.38. The second-order valence-corrected chi connectivity index (χ2v) is 7.04. The maximum atomic E-state index is 13.2. The molecule has 2 rings (SSSR count). The molecule has 0 heterocycles. The minimum Gasteiger partial charge on any atom is -0.354 e. The molecule has 0 radical (unpaired) electrons. The van der Waals surface area contributed by atoms with E-state index in [4.69, 9.17) is 34.8 Å². The van der Waals surface area contributed by atoms with Gasteiger partial charge in [0, 0.05) is 29.5 Å². The van der Waals surface area contributed by atoms with Crippen molar-refractivity contribution in [2.75, 3.05) is 23.3 Å². The highest BCUT2D eigenvalue weighted by Gasteiger charge is 2.17. The van der Waals surface area contributed by atoms with Crippen LogP contribution in [0.4, 0.5) is 20.6 Å². The van der Waals surface area contributed by atoms with Crippen LogP contribution >= 0.6 is 34.8 Å². The van der Waals surface area contributed by atoms with E-state index in [0.29, 0.717) is 22.8 Å². The third kappa shape index (κ3) is 6.90. The van der Waals surface area contributed by atoms with Crippen molar-refractivity contribution in [3.8, 4) is 0 Å². The first-order valence-corrected chi connectivity index (χ1v) is 9.27. The summed E-state index contributed by atoms with van der Waals surface area (Å²) < 4.78 is 13.2. The first kappa shape index (κ1) is 21.3. The summed E-state index contributed by atoms with van der Waals surface area (Å²) in [5.41, 5.74) is 1.08. The first-order chi connectivity index (χ1) is 12.9. The molecule has 0 aliphatic heterocycles. The molecule has 0 fully saturated rings. The third-order valence-electron chi connectivity index (χ3n) is 3.53. The van der Waals surface area contributed by atoms with E-state index in [2.05, 4.69) is 10.6 Å². The van der Waals surface area contributed by atoms with Crippen LogP contribution in [0.2, 0.25) is 5.02 Å². The molecular weight excluding hydrogens is 416 g/mol. The van der Waals surface area contributed by atoms with Crippen molar-refractivity contribution >= 4 is 58.1 Å². The highest BCUT2D eigenvalue weighted by Crippen LogP contribution is 2.18. The molecule has 0 spiro atoms. The van der Waals surface area contributed by atoms with Crippen LogP contribution in [0.3, 0.4) is 0 Å². The zero-order valence-electron chi connectivity index (χ0n) is 14.1. The molecule has 2 aromatic rings. The summed E-state index contributed by atoms with van der Waals surface area (Å²) >= 11 is 16.8. The molecule has 0 aliphatic carbocycles. The molecule has 27 heavy (non-hydrogen) atoms. The average molecular weight is 433 g/mol. The van der Waals surface area contributed by atoms with Crippen molar-refractivity contribution in [2.45, 2.75) is 11.3 Å². The summed E-state index contributed by atoms with van der Waals surface area (Å²) in [7, 11) is 0. The number of anilines is 2. The Morgan fingerprint density at radius 1 is 1.04 bits per heavy atom.